The number of carbonyl (C=O) groups excluding carboxylic acids is 2. The fourth-order valence-corrected chi connectivity index (χ4v) is 2.41. The molecule has 0 aliphatic heterocycles. The first-order chi connectivity index (χ1) is 13.0. The average Bonchev–Trinajstić information content (AvgIpc) is 2.67. The van der Waals surface area contributed by atoms with E-state index in [-0.39, 0.29) is 18.5 Å². The molecular weight excluding hydrogens is 342 g/mol. The van der Waals surface area contributed by atoms with Gasteiger partial charge in [-0.1, -0.05) is 45.4 Å². The van der Waals surface area contributed by atoms with Gasteiger partial charge in [0.25, 0.3) is 5.91 Å². The quantitative estimate of drug-likeness (QED) is 0.510. The molecule has 0 spiro atoms. The van der Waals surface area contributed by atoms with Crippen LogP contribution >= 0.6 is 0 Å². The molecule has 144 valence electrons. The van der Waals surface area contributed by atoms with Gasteiger partial charge in [0.15, 0.2) is 6.61 Å². The van der Waals surface area contributed by atoms with Crippen LogP contribution in [0.2, 0.25) is 0 Å². The van der Waals surface area contributed by atoms with Crippen molar-refractivity contribution in [3.8, 4) is 5.75 Å². The average molecular weight is 369 g/mol. The SMILES string of the molecule is CCCCOC(=O)c1cccc(NC(=O)COc2ccc(C(C)C)cc2)c1. The number of anilines is 1. The van der Waals surface area contributed by atoms with E-state index in [4.69, 9.17) is 9.47 Å². The van der Waals surface area contributed by atoms with Gasteiger partial charge in [-0.05, 0) is 48.2 Å². The normalized spacial score (nSPS) is 10.5. The summed E-state index contributed by atoms with van der Waals surface area (Å²) in [5.74, 6) is 0.409. The lowest BCUT2D eigenvalue weighted by molar-refractivity contribution is -0.118. The Balaban J connectivity index is 1.86. The summed E-state index contributed by atoms with van der Waals surface area (Å²) in [7, 11) is 0. The first-order valence-corrected chi connectivity index (χ1v) is 9.29. The minimum Gasteiger partial charge on any atom is -0.484 e. The van der Waals surface area contributed by atoms with Crippen molar-refractivity contribution in [3.63, 3.8) is 0 Å². The highest BCUT2D eigenvalue weighted by molar-refractivity contribution is 5.95. The lowest BCUT2D eigenvalue weighted by Crippen LogP contribution is -2.20. The van der Waals surface area contributed by atoms with Crippen LogP contribution in [0.5, 0.6) is 5.75 Å². The molecule has 2 aromatic carbocycles. The van der Waals surface area contributed by atoms with E-state index in [1.54, 1.807) is 24.3 Å². The number of hydrogen-bond acceptors (Lipinski definition) is 4. The van der Waals surface area contributed by atoms with Crippen LogP contribution in [0.4, 0.5) is 5.69 Å². The van der Waals surface area contributed by atoms with Crippen LogP contribution in [-0.2, 0) is 9.53 Å². The number of amides is 1. The molecule has 0 aliphatic rings. The Kier molecular flexibility index (Phi) is 7.86. The van der Waals surface area contributed by atoms with Crippen molar-refractivity contribution in [3.05, 3.63) is 59.7 Å². The fourth-order valence-electron chi connectivity index (χ4n) is 2.41. The molecule has 5 heteroatoms. The van der Waals surface area contributed by atoms with Crippen molar-refractivity contribution in [2.24, 2.45) is 0 Å². The standard InChI is InChI=1S/C22H27NO4/c1-4-5-13-26-22(25)18-7-6-8-19(14-18)23-21(24)15-27-20-11-9-17(10-12-20)16(2)3/h6-12,14,16H,4-5,13,15H2,1-3H3,(H,23,24). The van der Waals surface area contributed by atoms with Gasteiger partial charge < -0.3 is 14.8 Å². The number of nitrogens with one attached hydrogen (secondary N) is 1. The van der Waals surface area contributed by atoms with Crippen molar-refractivity contribution in [2.75, 3.05) is 18.5 Å². The summed E-state index contributed by atoms with van der Waals surface area (Å²) in [4.78, 5) is 24.1. The van der Waals surface area contributed by atoms with Crippen molar-refractivity contribution in [1.29, 1.82) is 0 Å². The molecule has 2 aromatic rings. The number of benzene rings is 2. The maximum atomic E-state index is 12.1. The summed E-state index contributed by atoms with van der Waals surface area (Å²) in [6.07, 6.45) is 1.79. The molecule has 1 N–H and O–H groups in total. The number of unbranched alkanes of at least 4 members (excludes halogenated alkanes) is 1. The molecule has 5 nitrogen and oxygen atoms in total. The highest BCUT2D eigenvalue weighted by Gasteiger charge is 2.10. The van der Waals surface area contributed by atoms with Crippen LogP contribution in [0.3, 0.4) is 0 Å². The second-order valence-electron chi connectivity index (χ2n) is 6.63. The van der Waals surface area contributed by atoms with E-state index in [1.165, 1.54) is 5.56 Å². The van der Waals surface area contributed by atoms with Crippen LogP contribution in [0.15, 0.2) is 48.5 Å². The highest BCUT2D eigenvalue weighted by atomic mass is 16.5. The van der Waals surface area contributed by atoms with Gasteiger partial charge in [-0.3, -0.25) is 4.79 Å². The van der Waals surface area contributed by atoms with Crippen molar-refractivity contribution in [2.45, 2.75) is 39.5 Å². The van der Waals surface area contributed by atoms with E-state index < -0.39 is 0 Å². The zero-order chi connectivity index (χ0) is 19.6. The molecule has 0 bridgehead atoms. The second-order valence-corrected chi connectivity index (χ2v) is 6.63. The minimum absolute atomic E-state index is 0.105. The van der Waals surface area contributed by atoms with E-state index in [9.17, 15) is 9.59 Å². The number of ether oxygens (including phenoxy) is 2. The van der Waals surface area contributed by atoms with Gasteiger partial charge in [-0.25, -0.2) is 4.79 Å². The zero-order valence-electron chi connectivity index (χ0n) is 16.2. The number of rotatable bonds is 9. The predicted octanol–water partition coefficient (Wildman–Crippen LogP) is 4.78. The maximum absolute atomic E-state index is 12.1. The van der Waals surface area contributed by atoms with Gasteiger partial charge in [-0.2, -0.15) is 0 Å². The van der Waals surface area contributed by atoms with Gasteiger partial charge in [0.05, 0.1) is 12.2 Å². The molecule has 2 rings (SSSR count). The Bertz CT molecular complexity index is 753. The Morgan fingerprint density at radius 2 is 1.81 bits per heavy atom. The summed E-state index contributed by atoms with van der Waals surface area (Å²) >= 11 is 0. The van der Waals surface area contributed by atoms with E-state index in [1.807, 2.05) is 31.2 Å². The molecule has 0 atom stereocenters. The van der Waals surface area contributed by atoms with Crippen LogP contribution in [0.25, 0.3) is 0 Å². The highest BCUT2D eigenvalue weighted by Crippen LogP contribution is 2.18. The van der Waals surface area contributed by atoms with Gasteiger partial charge in [0.1, 0.15) is 5.75 Å². The van der Waals surface area contributed by atoms with Gasteiger partial charge in [-0.15, -0.1) is 0 Å². The smallest absolute Gasteiger partial charge is 0.338 e. The Morgan fingerprint density at radius 3 is 2.48 bits per heavy atom. The predicted molar refractivity (Wildman–Crippen MR) is 106 cm³/mol. The van der Waals surface area contributed by atoms with Crippen molar-refractivity contribution in [1.82, 2.24) is 0 Å². The lowest BCUT2D eigenvalue weighted by Gasteiger charge is -2.10. The Hall–Kier alpha value is -2.82. The molecule has 27 heavy (non-hydrogen) atoms. The van der Waals surface area contributed by atoms with E-state index in [0.717, 1.165) is 12.8 Å². The monoisotopic (exact) mass is 369 g/mol. The zero-order valence-corrected chi connectivity index (χ0v) is 16.2. The van der Waals surface area contributed by atoms with Crippen LogP contribution in [0, 0.1) is 0 Å². The van der Waals surface area contributed by atoms with Crippen LogP contribution < -0.4 is 10.1 Å². The number of hydrogen-bond donors (Lipinski definition) is 1. The van der Waals surface area contributed by atoms with Crippen LogP contribution in [-0.4, -0.2) is 25.1 Å². The molecular formula is C22H27NO4. The molecule has 0 unspecified atom stereocenters. The fraction of sp³-hybridized carbons (Fsp3) is 0.364. The first-order valence-electron chi connectivity index (χ1n) is 9.29. The first kappa shape index (κ1) is 20.5. The third-order valence-electron chi connectivity index (χ3n) is 4.03. The third-order valence-corrected chi connectivity index (χ3v) is 4.03. The van der Waals surface area contributed by atoms with E-state index in [0.29, 0.717) is 29.5 Å². The van der Waals surface area contributed by atoms with Gasteiger partial charge in [0, 0.05) is 5.69 Å². The Labute approximate surface area is 160 Å². The summed E-state index contributed by atoms with van der Waals surface area (Å²) in [6, 6.07) is 14.4. The van der Waals surface area contributed by atoms with Crippen LogP contribution in [0.1, 0.15) is 55.5 Å². The lowest BCUT2D eigenvalue weighted by atomic mass is 10.0. The van der Waals surface area contributed by atoms with Gasteiger partial charge >= 0.3 is 5.97 Å². The molecule has 0 fully saturated rings. The topological polar surface area (TPSA) is 64.6 Å². The van der Waals surface area contributed by atoms with Crippen molar-refractivity contribution >= 4 is 17.6 Å². The maximum Gasteiger partial charge on any atom is 0.338 e. The molecule has 1 amide bonds. The van der Waals surface area contributed by atoms with Crippen molar-refractivity contribution < 1.29 is 19.1 Å². The molecule has 0 saturated heterocycles. The third kappa shape index (κ3) is 6.77. The molecule has 0 heterocycles. The summed E-state index contributed by atoms with van der Waals surface area (Å²) < 4.78 is 10.7. The molecule has 0 saturated carbocycles. The second kappa shape index (κ2) is 10.4. The number of esters is 1. The molecule has 0 aromatic heterocycles. The minimum atomic E-state index is -0.388. The molecule has 0 aliphatic carbocycles. The summed E-state index contributed by atoms with van der Waals surface area (Å²) in [6.45, 7) is 6.57. The largest absolute Gasteiger partial charge is 0.484 e. The number of carbonyl (C=O) groups is 2. The van der Waals surface area contributed by atoms with Gasteiger partial charge in [0.2, 0.25) is 0 Å². The summed E-state index contributed by atoms with van der Waals surface area (Å²) in [5, 5.41) is 2.73. The van der Waals surface area contributed by atoms with E-state index >= 15 is 0 Å². The summed E-state index contributed by atoms with van der Waals surface area (Å²) in [5.41, 5.74) is 2.16. The van der Waals surface area contributed by atoms with E-state index in [2.05, 4.69) is 19.2 Å². The molecule has 0 radical (unpaired) electrons. The Morgan fingerprint density at radius 1 is 1.07 bits per heavy atom.